The van der Waals surface area contributed by atoms with Crippen LogP contribution in [0.1, 0.15) is 23.0 Å². The molecule has 1 aromatic rings. The van der Waals surface area contributed by atoms with E-state index in [4.69, 9.17) is 0 Å². The van der Waals surface area contributed by atoms with E-state index in [2.05, 4.69) is 17.9 Å². The Morgan fingerprint density at radius 2 is 2.38 bits per heavy atom. The van der Waals surface area contributed by atoms with Crippen LogP contribution in [0.3, 0.4) is 0 Å². The smallest absolute Gasteiger partial charge is 0.261 e. The first kappa shape index (κ1) is 13.7. The van der Waals surface area contributed by atoms with Crippen molar-refractivity contribution in [2.75, 3.05) is 12.8 Å². The van der Waals surface area contributed by atoms with E-state index in [1.54, 1.807) is 12.3 Å². The molecule has 0 saturated heterocycles. The number of rotatable bonds is 5. The fourth-order valence-electron chi connectivity index (χ4n) is 1.09. The van der Waals surface area contributed by atoms with Gasteiger partial charge in [0.15, 0.2) is 0 Å². The van der Waals surface area contributed by atoms with Gasteiger partial charge in [0.25, 0.3) is 5.91 Å². The highest BCUT2D eigenvalue weighted by Gasteiger charge is 2.09. The summed E-state index contributed by atoms with van der Waals surface area (Å²) < 4.78 is 11.1. The lowest BCUT2D eigenvalue weighted by atomic mass is 10.3. The molecule has 0 aliphatic carbocycles. The molecule has 0 aromatic carbocycles. The summed E-state index contributed by atoms with van der Waals surface area (Å²) in [6.07, 6.45) is 2.41. The maximum absolute atomic E-state index is 11.6. The molecule has 0 bridgehead atoms. The molecule has 1 amide bonds. The van der Waals surface area contributed by atoms with Gasteiger partial charge in [-0.3, -0.25) is 9.00 Å². The summed E-state index contributed by atoms with van der Waals surface area (Å²) in [7, 11) is -0.826. The Hall–Kier alpha value is -0.330. The molecule has 1 aromatic heterocycles. The lowest BCUT2D eigenvalue weighted by Crippen LogP contribution is -2.26. The van der Waals surface area contributed by atoms with Crippen LogP contribution in [-0.2, 0) is 10.8 Å². The summed E-state index contributed by atoms with van der Waals surface area (Å²) in [6, 6.07) is 1.74. The predicted octanol–water partition coefficient (Wildman–Crippen LogP) is 1.92. The average molecular weight is 277 g/mol. The van der Waals surface area contributed by atoms with Gasteiger partial charge < -0.3 is 5.32 Å². The quantitative estimate of drug-likeness (QED) is 0.808. The van der Waals surface area contributed by atoms with Crippen molar-refractivity contribution in [3.8, 4) is 0 Å². The number of carbonyl (C=O) groups excluding carboxylic acids is 1. The lowest BCUT2D eigenvalue weighted by molar-refractivity contribution is 0.0957. The maximum Gasteiger partial charge on any atom is 0.261 e. The summed E-state index contributed by atoms with van der Waals surface area (Å²) in [4.78, 5) is 13.1. The van der Waals surface area contributed by atoms with Crippen LogP contribution < -0.4 is 5.32 Å². The zero-order valence-electron chi connectivity index (χ0n) is 9.23. The second-order valence-corrected chi connectivity index (χ2v) is 6.75. The van der Waals surface area contributed by atoms with E-state index in [0.29, 0.717) is 11.4 Å². The van der Waals surface area contributed by atoms with E-state index in [-0.39, 0.29) is 11.2 Å². The second kappa shape index (κ2) is 6.42. The van der Waals surface area contributed by atoms with Gasteiger partial charge in [-0.25, -0.2) is 0 Å². The van der Waals surface area contributed by atoms with E-state index < -0.39 is 10.8 Å². The zero-order valence-corrected chi connectivity index (χ0v) is 11.8. The van der Waals surface area contributed by atoms with E-state index >= 15 is 0 Å². The third-order valence-electron chi connectivity index (χ3n) is 2.21. The van der Waals surface area contributed by atoms with Crippen LogP contribution >= 0.6 is 24.0 Å². The van der Waals surface area contributed by atoms with Gasteiger partial charge in [-0.1, -0.05) is 6.92 Å². The van der Waals surface area contributed by atoms with Crippen molar-refractivity contribution in [2.45, 2.75) is 23.5 Å². The molecule has 16 heavy (non-hydrogen) atoms. The minimum absolute atomic E-state index is 0.0839. The molecule has 0 aliphatic rings. The fraction of sp³-hybridized carbons (Fsp3) is 0.500. The summed E-state index contributed by atoms with van der Waals surface area (Å²) in [5, 5.41) is 4.74. The van der Waals surface area contributed by atoms with Crippen LogP contribution in [0.4, 0.5) is 0 Å². The van der Waals surface area contributed by atoms with E-state index in [9.17, 15) is 9.00 Å². The van der Waals surface area contributed by atoms with Crippen LogP contribution in [0.15, 0.2) is 16.3 Å². The van der Waals surface area contributed by atoms with Crippen molar-refractivity contribution >= 4 is 40.7 Å². The average Bonchev–Trinajstić information content (AvgIpc) is 2.64. The normalized spacial score (nSPS) is 14.4. The Balaban J connectivity index is 2.34. The van der Waals surface area contributed by atoms with Crippen molar-refractivity contribution in [1.29, 1.82) is 0 Å². The molecule has 2 atom stereocenters. The van der Waals surface area contributed by atoms with E-state index in [1.807, 2.05) is 12.3 Å². The molecule has 3 nitrogen and oxygen atoms in total. The van der Waals surface area contributed by atoms with Gasteiger partial charge in [-0.05, 0) is 12.5 Å². The number of hydrogen-bond acceptors (Lipinski definition) is 4. The molecular formula is C10H15NO2S3. The molecule has 2 unspecified atom stereocenters. The molecule has 1 heterocycles. The van der Waals surface area contributed by atoms with Crippen LogP contribution in [0.25, 0.3) is 0 Å². The molecule has 1 rings (SSSR count). The van der Waals surface area contributed by atoms with Gasteiger partial charge in [0.2, 0.25) is 0 Å². The monoisotopic (exact) mass is 277 g/mol. The molecule has 6 heteroatoms. The molecule has 90 valence electrons. The number of thiophene rings is 1. The van der Waals surface area contributed by atoms with Gasteiger partial charge in [-0.15, -0.1) is 24.0 Å². The molecule has 0 fully saturated rings. The van der Waals surface area contributed by atoms with Gasteiger partial charge in [0, 0.05) is 39.1 Å². The summed E-state index contributed by atoms with van der Waals surface area (Å²) in [6.45, 7) is 2.47. The van der Waals surface area contributed by atoms with Crippen molar-refractivity contribution in [3.05, 3.63) is 16.3 Å². The van der Waals surface area contributed by atoms with Gasteiger partial charge in [-0.2, -0.15) is 0 Å². The standard InChI is InChI=1S/C10H15NO2S3/c1-7(16(2)13)3-4-11-10(12)9-5-8(14)6-15-9/h5-7,14H,3-4H2,1-2H3,(H,11,12). The zero-order chi connectivity index (χ0) is 12.1. The van der Waals surface area contributed by atoms with E-state index in [1.165, 1.54) is 11.3 Å². The van der Waals surface area contributed by atoms with Crippen molar-refractivity contribution < 1.29 is 9.00 Å². The van der Waals surface area contributed by atoms with Crippen LogP contribution in [0.2, 0.25) is 0 Å². The Morgan fingerprint density at radius 1 is 1.69 bits per heavy atom. The molecular weight excluding hydrogens is 262 g/mol. The maximum atomic E-state index is 11.6. The molecule has 0 saturated carbocycles. The number of thiol groups is 1. The lowest BCUT2D eigenvalue weighted by Gasteiger charge is -2.08. The first-order valence-electron chi connectivity index (χ1n) is 4.88. The molecule has 0 radical (unpaired) electrons. The minimum Gasteiger partial charge on any atom is -0.351 e. The topological polar surface area (TPSA) is 46.2 Å². The minimum atomic E-state index is -0.826. The highest BCUT2D eigenvalue weighted by molar-refractivity contribution is 7.84. The first-order chi connectivity index (χ1) is 7.50. The van der Waals surface area contributed by atoms with Crippen LogP contribution in [0, 0.1) is 0 Å². The van der Waals surface area contributed by atoms with Crippen molar-refractivity contribution in [2.24, 2.45) is 0 Å². The van der Waals surface area contributed by atoms with E-state index in [0.717, 1.165) is 11.3 Å². The van der Waals surface area contributed by atoms with Crippen molar-refractivity contribution in [3.63, 3.8) is 0 Å². The summed E-state index contributed by atoms with van der Waals surface area (Å²) >= 11 is 5.51. The second-order valence-electron chi connectivity index (χ2n) is 3.52. The predicted molar refractivity (Wildman–Crippen MR) is 72.0 cm³/mol. The van der Waals surface area contributed by atoms with Gasteiger partial charge >= 0.3 is 0 Å². The largest absolute Gasteiger partial charge is 0.351 e. The van der Waals surface area contributed by atoms with Crippen LogP contribution in [0.5, 0.6) is 0 Å². The third kappa shape index (κ3) is 4.27. The number of amides is 1. The van der Waals surface area contributed by atoms with Gasteiger partial charge in [0.05, 0.1) is 4.88 Å². The highest BCUT2D eigenvalue weighted by Crippen LogP contribution is 2.17. The molecule has 0 aliphatic heterocycles. The highest BCUT2D eigenvalue weighted by atomic mass is 32.2. The van der Waals surface area contributed by atoms with Crippen LogP contribution in [-0.4, -0.2) is 28.2 Å². The molecule has 1 N–H and O–H groups in total. The molecule has 0 spiro atoms. The number of nitrogens with one attached hydrogen (secondary N) is 1. The Bertz CT molecular complexity index is 389. The third-order valence-corrected chi connectivity index (χ3v) is 4.94. The number of carbonyl (C=O) groups is 1. The van der Waals surface area contributed by atoms with Gasteiger partial charge in [0.1, 0.15) is 0 Å². The SMILES string of the molecule is CC(CCNC(=O)c1cc(S)cs1)S(C)=O. The fourth-order valence-corrected chi connectivity index (χ4v) is 2.60. The Labute approximate surface area is 108 Å². The first-order valence-corrected chi connectivity index (χ1v) is 7.83. The number of hydrogen-bond donors (Lipinski definition) is 2. The summed E-state index contributed by atoms with van der Waals surface area (Å²) in [5.41, 5.74) is 0. The Kier molecular flexibility index (Phi) is 5.51. The summed E-state index contributed by atoms with van der Waals surface area (Å²) in [5.74, 6) is -0.0839. The van der Waals surface area contributed by atoms with Crippen molar-refractivity contribution in [1.82, 2.24) is 5.32 Å². The Morgan fingerprint density at radius 3 is 2.88 bits per heavy atom.